The summed E-state index contributed by atoms with van der Waals surface area (Å²) in [7, 11) is 2.03. The van der Waals surface area contributed by atoms with Gasteiger partial charge < -0.3 is 14.8 Å². The smallest absolute Gasteiger partial charge is 0.206 e. The van der Waals surface area contributed by atoms with Gasteiger partial charge in [0.15, 0.2) is 0 Å². The molecule has 6 nitrogen and oxygen atoms in total. The first-order chi connectivity index (χ1) is 12.8. The number of piperidine rings is 1. The van der Waals surface area contributed by atoms with Gasteiger partial charge >= 0.3 is 0 Å². The van der Waals surface area contributed by atoms with Gasteiger partial charge in [-0.05, 0) is 44.2 Å². The van der Waals surface area contributed by atoms with Crippen LogP contribution in [-0.2, 0) is 6.54 Å². The Bertz CT molecular complexity index is 937. The molecular weight excluding hydrogens is 324 g/mol. The van der Waals surface area contributed by atoms with Gasteiger partial charge in [0.05, 0.1) is 28.8 Å². The molecule has 132 valence electrons. The van der Waals surface area contributed by atoms with E-state index < -0.39 is 0 Å². The minimum Gasteiger partial charge on any atom is -0.341 e. The lowest BCUT2D eigenvalue weighted by molar-refractivity contribution is 0.442. The van der Waals surface area contributed by atoms with Crippen molar-refractivity contribution >= 4 is 17.0 Å². The summed E-state index contributed by atoms with van der Waals surface area (Å²) >= 11 is 0. The third-order valence-electron chi connectivity index (χ3n) is 5.02. The standard InChI is InChI=1S/C20H22N6/c1-22-16-5-4-10-25(13-16)20-24-18-6-2-3-7-19(18)26(20)14-17-9-8-15(11-21)12-23-17/h2-3,6-9,12,16,22H,4-5,10,13-14H2,1H3/t16-/m1/s1. The van der Waals surface area contributed by atoms with Gasteiger partial charge in [-0.15, -0.1) is 0 Å². The number of nitriles is 1. The summed E-state index contributed by atoms with van der Waals surface area (Å²) < 4.78 is 2.24. The summed E-state index contributed by atoms with van der Waals surface area (Å²) in [6, 6.07) is 14.6. The van der Waals surface area contributed by atoms with E-state index in [2.05, 4.69) is 38.0 Å². The van der Waals surface area contributed by atoms with Gasteiger partial charge in [0, 0.05) is 25.3 Å². The molecule has 26 heavy (non-hydrogen) atoms. The second kappa shape index (κ2) is 7.14. The summed E-state index contributed by atoms with van der Waals surface area (Å²) in [6.07, 6.45) is 3.99. The first-order valence-electron chi connectivity index (χ1n) is 9.01. The number of nitrogens with zero attached hydrogens (tertiary/aromatic N) is 5. The Kier molecular flexibility index (Phi) is 4.55. The number of pyridine rings is 1. The van der Waals surface area contributed by atoms with E-state index in [1.54, 1.807) is 6.20 Å². The Morgan fingerprint density at radius 3 is 2.92 bits per heavy atom. The molecule has 1 aliphatic heterocycles. The lowest BCUT2D eigenvalue weighted by Crippen LogP contribution is -2.45. The van der Waals surface area contributed by atoms with Crippen LogP contribution >= 0.6 is 0 Å². The minimum atomic E-state index is 0.491. The van der Waals surface area contributed by atoms with Crippen LogP contribution in [0.4, 0.5) is 5.95 Å². The number of likely N-dealkylation sites (N-methyl/N-ethyl adjacent to an activating group) is 1. The van der Waals surface area contributed by atoms with Gasteiger partial charge in [-0.25, -0.2) is 4.98 Å². The molecule has 0 radical (unpaired) electrons. The SMILES string of the molecule is CN[C@@H]1CCCN(c2nc3ccccc3n2Cc2ccc(C#N)cn2)C1. The van der Waals surface area contributed by atoms with E-state index in [0.717, 1.165) is 42.2 Å². The number of nitrogens with one attached hydrogen (secondary N) is 1. The third kappa shape index (κ3) is 3.14. The van der Waals surface area contributed by atoms with Crippen molar-refractivity contribution in [2.24, 2.45) is 0 Å². The first-order valence-corrected chi connectivity index (χ1v) is 9.01. The van der Waals surface area contributed by atoms with Crippen LogP contribution in [0.2, 0.25) is 0 Å². The second-order valence-electron chi connectivity index (χ2n) is 6.71. The summed E-state index contributed by atoms with van der Waals surface area (Å²) in [4.78, 5) is 11.7. The topological polar surface area (TPSA) is 69.8 Å². The molecule has 1 aromatic carbocycles. The Morgan fingerprint density at radius 2 is 2.15 bits per heavy atom. The number of anilines is 1. The molecule has 0 aliphatic carbocycles. The number of fused-ring (bicyclic) bond motifs is 1. The number of hydrogen-bond donors (Lipinski definition) is 1. The van der Waals surface area contributed by atoms with E-state index >= 15 is 0 Å². The molecule has 3 aromatic rings. The van der Waals surface area contributed by atoms with Crippen molar-refractivity contribution in [3.63, 3.8) is 0 Å². The van der Waals surface area contributed by atoms with Gasteiger partial charge in [0.25, 0.3) is 0 Å². The van der Waals surface area contributed by atoms with Crippen LogP contribution in [-0.4, -0.2) is 40.7 Å². The molecule has 4 rings (SSSR count). The largest absolute Gasteiger partial charge is 0.341 e. The lowest BCUT2D eigenvalue weighted by atomic mass is 10.1. The number of benzene rings is 1. The van der Waals surface area contributed by atoms with Gasteiger partial charge in [-0.3, -0.25) is 4.98 Å². The molecule has 0 spiro atoms. The van der Waals surface area contributed by atoms with Crippen molar-refractivity contribution in [3.05, 3.63) is 53.9 Å². The van der Waals surface area contributed by atoms with Crippen LogP contribution in [0.25, 0.3) is 11.0 Å². The Balaban J connectivity index is 1.72. The Morgan fingerprint density at radius 1 is 1.27 bits per heavy atom. The van der Waals surface area contributed by atoms with E-state index in [0.29, 0.717) is 18.2 Å². The minimum absolute atomic E-state index is 0.491. The van der Waals surface area contributed by atoms with Crippen LogP contribution in [0.1, 0.15) is 24.1 Å². The summed E-state index contributed by atoms with van der Waals surface area (Å²) in [6.45, 7) is 2.62. The average molecular weight is 346 g/mol. The van der Waals surface area contributed by atoms with Crippen LogP contribution < -0.4 is 10.2 Å². The molecular formula is C20H22N6. The molecule has 6 heteroatoms. The van der Waals surface area contributed by atoms with Gasteiger partial charge in [0.2, 0.25) is 5.95 Å². The number of para-hydroxylation sites is 2. The number of hydrogen-bond acceptors (Lipinski definition) is 5. The second-order valence-corrected chi connectivity index (χ2v) is 6.71. The Hall–Kier alpha value is -2.91. The van der Waals surface area contributed by atoms with Gasteiger partial charge in [-0.2, -0.15) is 5.26 Å². The van der Waals surface area contributed by atoms with E-state index in [4.69, 9.17) is 10.2 Å². The zero-order valence-corrected chi connectivity index (χ0v) is 14.9. The zero-order valence-electron chi connectivity index (χ0n) is 14.9. The normalized spacial score (nSPS) is 17.4. The fourth-order valence-electron chi connectivity index (χ4n) is 3.60. The highest BCUT2D eigenvalue weighted by Crippen LogP contribution is 2.26. The highest BCUT2D eigenvalue weighted by Gasteiger charge is 2.23. The Labute approximate surface area is 153 Å². The van der Waals surface area contributed by atoms with Crippen molar-refractivity contribution in [2.75, 3.05) is 25.0 Å². The van der Waals surface area contributed by atoms with Crippen LogP contribution in [0.15, 0.2) is 42.6 Å². The highest BCUT2D eigenvalue weighted by molar-refractivity contribution is 5.79. The molecule has 2 aromatic heterocycles. The first kappa shape index (κ1) is 16.6. The summed E-state index contributed by atoms with van der Waals surface area (Å²) in [5.74, 6) is 0.998. The maximum Gasteiger partial charge on any atom is 0.206 e. The molecule has 1 atom stereocenters. The number of rotatable bonds is 4. The van der Waals surface area contributed by atoms with E-state index in [9.17, 15) is 0 Å². The molecule has 0 amide bonds. The molecule has 1 aliphatic rings. The molecule has 1 saturated heterocycles. The maximum atomic E-state index is 8.97. The number of aromatic nitrogens is 3. The van der Waals surface area contributed by atoms with Crippen LogP contribution in [0.5, 0.6) is 0 Å². The highest BCUT2D eigenvalue weighted by atomic mass is 15.3. The molecule has 0 saturated carbocycles. The maximum absolute atomic E-state index is 8.97. The summed E-state index contributed by atoms with van der Waals surface area (Å²) in [5.41, 5.74) is 3.62. The lowest BCUT2D eigenvalue weighted by Gasteiger charge is -2.33. The molecule has 1 N–H and O–H groups in total. The predicted octanol–water partition coefficient (Wildman–Crippen LogP) is 2.54. The van der Waals surface area contributed by atoms with Crippen molar-refractivity contribution in [1.82, 2.24) is 19.9 Å². The van der Waals surface area contributed by atoms with Gasteiger partial charge in [0.1, 0.15) is 6.07 Å². The zero-order chi connectivity index (χ0) is 17.9. The quantitative estimate of drug-likeness (QED) is 0.786. The van der Waals surface area contributed by atoms with Crippen LogP contribution in [0, 0.1) is 11.3 Å². The molecule has 0 unspecified atom stereocenters. The average Bonchev–Trinajstić information content (AvgIpc) is 3.07. The predicted molar refractivity (Wildman–Crippen MR) is 102 cm³/mol. The summed E-state index contributed by atoms with van der Waals surface area (Å²) in [5, 5.41) is 12.4. The monoisotopic (exact) mass is 346 g/mol. The van der Waals surface area contributed by atoms with E-state index in [-0.39, 0.29) is 0 Å². The number of imidazole rings is 1. The van der Waals surface area contributed by atoms with Crippen molar-refractivity contribution < 1.29 is 0 Å². The van der Waals surface area contributed by atoms with Crippen LogP contribution in [0.3, 0.4) is 0 Å². The van der Waals surface area contributed by atoms with E-state index in [1.807, 2.05) is 31.3 Å². The van der Waals surface area contributed by atoms with E-state index in [1.165, 1.54) is 6.42 Å². The fourth-order valence-corrected chi connectivity index (χ4v) is 3.60. The van der Waals surface area contributed by atoms with Crippen molar-refractivity contribution in [1.29, 1.82) is 5.26 Å². The molecule has 0 bridgehead atoms. The van der Waals surface area contributed by atoms with Gasteiger partial charge in [-0.1, -0.05) is 12.1 Å². The van der Waals surface area contributed by atoms with Crippen molar-refractivity contribution in [2.45, 2.75) is 25.4 Å². The molecule has 1 fully saturated rings. The fraction of sp³-hybridized carbons (Fsp3) is 0.350. The van der Waals surface area contributed by atoms with Crippen molar-refractivity contribution in [3.8, 4) is 6.07 Å². The molecule has 3 heterocycles. The third-order valence-corrected chi connectivity index (χ3v) is 5.02.